The van der Waals surface area contributed by atoms with Gasteiger partial charge in [0.15, 0.2) is 6.10 Å². The number of aliphatic hydroxyl groups is 1. The zero-order chi connectivity index (χ0) is 17.7. The van der Waals surface area contributed by atoms with Crippen LogP contribution in [0.1, 0.15) is 52.9 Å². The number of nitrogens with one attached hydrogen (secondary N) is 1. The lowest BCUT2D eigenvalue weighted by atomic mass is 9.80. The molecular weight excluding hydrogens is 309 g/mol. The average Bonchev–Trinajstić information content (AvgIpc) is 2.55. The standard InChI is InChI=1S/C16H29F3N2O2/c1-4-15(5-2,6-3)11-20-14(23)21-9-7-12(8-10-21)13(22)16(17,18)19/h12-13,22H,4-11H2,1-3H3,(H,20,23). The molecule has 0 aromatic heterocycles. The number of hydrogen-bond acceptors (Lipinski definition) is 2. The third kappa shape index (κ3) is 5.26. The predicted octanol–water partition coefficient (Wildman–Crippen LogP) is 3.55. The molecule has 7 heteroatoms. The van der Waals surface area contributed by atoms with E-state index in [0.717, 1.165) is 19.3 Å². The quantitative estimate of drug-likeness (QED) is 0.778. The van der Waals surface area contributed by atoms with Crippen LogP contribution in [-0.2, 0) is 0 Å². The number of alkyl halides is 3. The van der Waals surface area contributed by atoms with Gasteiger partial charge in [-0.2, -0.15) is 13.2 Å². The van der Waals surface area contributed by atoms with Crippen molar-refractivity contribution in [2.24, 2.45) is 11.3 Å². The monoisotopic (exact) mass is 338 g/mol. The van der Waals surface area contributed by atoms with Gasteiger partial charge in [-0.15, -0.1) is 0 Å². The molecule has 0 aromatic rings. The first kappa shape index (κ1) is 20.1. The van der Waals surface area contributed by atoms with Crippen molar-refractivity contribution in [2.75, 3.05) is 19.6 Å². The number of amides is 2. The molecule has 2 amide bonds. The van der Waals surface area contributed by atoms with Gasteiger partial charge in [-0.25, -0.2) is 4.79 Å². The summed E-state index contributed by atoms with van der Waals surface area (Å²) in [7, 11) is 0. The van der Waals surface area contributed by atoms with Crippen LogP contribution in [0.2, 0.25) is 0 Å². The Kier molecular flexibility index (Phi) is 7.17. The number of rotatable bonds is 6. The summed E-state index contributed by atoms with van der Waals surface area (Å²) in [6.07, 6.45) is -3.61. The van der Waals surface area contributed by atoms with Gasteiger partial charge in [0.05, 0.1) is 0 Å². The number of likely N-dealkylation sites (tertiary alicyclic amines) is 1. The van der Waals surface area contributed by atoms with Crippen LogP contribution in [-0.4, -0.2) is 48.0 Å². The van der Waals surface area contributed by atoms with E-state index in [1.54, 1.807) is 4.90 Å². The van der Waals surface area contributed by atoms with E-state index < -0.39 is 18.2 Å². The Morgan fingerprint density at radius 2 is 1.65 bits per heavy atom. The molecule has 1 saturated heterocycles. The lowest BCUT2D eigenvalue weighted by molar-refractivity contribution is -0.222. The number of halogens is 3. The Morgan fingerprint density at radius 3 is 2.04 bits per heavy atom. The van der Waals surface area contributed by atoms with Crippen LogP contribution in [0.5, 0.6) is 0 Å². The van der Waals surface area contributed by atoms with Crippen molar-refractivity contribution >= 4 is 6.03 Å². The van der Waals surface area contributed by atoms with Gasteiger partial charge in [0, 0.05) is 19.6 Å². The van der Waals surface area contributed by atoms with E-state index in [1.165, 1.54) is 0 Å². The van der Waals surface area contributed by atoms with E-state index in [4.69, 9.17) is 0 Å². The number of urea groups is 1. The minimum atomic E-state index is -4.59. The number of carbonyl (C=O) groups is 1. The highest BCUT2D eigenvalue weighted by Gasteiger charge is 2.44. The number of aliphatic hydroxyl groups excluding tert-OH is 1. The molecule has 0 bridgehead atoms. The van der Waals surface area contributed by atoms with Crippen LogP contribution in [0.15, 0.2) is 0 Å². The summed E-state index contributed by atoms with van der Waals surface area (Å²) in [6.45, 7) is 7.39. The second-order valence-corrected chi connectivity index (χ2v) is 6.53. The van der Waals surface area contributed by atoms with Gasteiger partial charge >= 0.3 is 12.2 Å². The summed E-state index contributed by atoms with van der Waals surface area (Å²) in [4.78, 5) is 13.7. The van der Waals surface area contributed by atoms with Crippen LogP contribution in [0.25, 0.3) is 0 Å². The highest BCUT2D eigenvalue weighted by atomic mass is 19.4. The maximum atomic E-state index is 12.5. The number of carbonyl (C=O) groups excluding carboxylic acids is 1. The molecule has 1 rings (SSSR count). The Morgan fingerprint density at radius 1 is 1.17 bits per heavy atom. The number of piperidine rings is 1. The molecule has 136 valence electrons. The second kappa shape index (κ2) is 8.22. The van der Waals surface area contributed by atoms with E-state index in [-0.39, 0.29) is 37.4 Å². The number of hydrogen-bond donors (Lipinski definition) is 2. The summed E-state index contributed by atoms with van der Waals surface area (Å²) < 4.78 is 37.5. The maximum absolute atomic E-state index is 12.5. The summed E-state index contributed by atoms with van der Waals surface area (Å²) in [5, 5.41) is 12.2. The summed E-state index contributed by atoms with van der Waals surface area (Å²) in [6, 6.07) is -0.218. The summed E-state index contributed by atoms with van der Waals surface area (Å²) in [5.41, 5.74) is 0.0838. The van der Waals surface area contributed by atoms with Crippen molar-refractivity contribution in [3.05, 3.63) is 0 Å². The lowest BCUT2D eigenvalue weighted by Crippen LogP contribution is -2.49. The smallest absolute Gasteiger partial charge is 0.383 e. The first-order chi connectivity index (χ1) is 10.7. The topological polar surface area (TPSA) is 52.6 Å². The zero-order valence-corrected chi connectivity index (χ0v) is 14.2. The Hall–Kier alpha value is -0.980. The SMILES string of the molecule is CCC(CC)(CC)CNC(=O)N1CCC(C(O)C(F)(F)F)CC1. The van der Waals surface area contributed by atoms with Gasteiger partial charge in [-0.05, 0) is 43.4 Å². The van der Waals surface area contributed by atoms with E-state index in [1.807, 2.05) is 0 Å². The van der Waals surface area contributed by atoms with E-state index in [0.29, 0.717) is 6.54 Å². The highest BCUT2D eigenvalue weighted by Crippen LogP contribution is 2.32. The molecular formula is C16H29F3N2O2. The largest absolute Gasteiger partial charge is 0.414 e. The molecule has 1 atom stereocenters. The Balaban J connectivity index is 2.47. The van der Waals surface area contributed by atoms with Crippen molar-refractivity contribution in [3.63, 3.8) is 0 Å². The highest BCUT2D eigenvalue weighted by molar-refractivity contribution is 5.74. The van der Waals surface area contributed by atoms with E-state index >= 15 is 0 Å². The maximum Gasteiger partial charge on any atom is 0.414 e. The fourth-order valence-electron chi connectivity index (χ4n) is 3.19. The van der Waals surface area contributed by atoms with Crippen LogP contribution in [0.4, 0.5) is 18.0 Å². The normalized spacial score (nSPS) is 18.8. The molecule has 0 radical (unpaired) electrons. The Labute approximate surface area is 136 Å². The van der Waals surface area contributed by atoms with Gasteiger partial charge < -0.3 is 15.3 Å². The molecule has 4 nitrogen and oxygen atoms in total. The molecule has 0 saturated carbocycles. The van der Waals surface area contributed by atoms with E-state index in [2.05, 4.69) is 26.1 Å². The van der Waals surface area contributed by atoms with Gasteiger partial charge in [0.25, 0.3) is 0 Å². The predicted molar refractivity (Wildman–Crippen MR) is 83.1 cm³/mol. The van der Waals surface area contributed by atoms with Gasteiger partial charge in [-0.1, -0.05) is 20.8 Å². The lowest BCUT2D eigenvalue weighted by Gasteiger charge is -2.36. The third-order valence-electron chi connectivity index (χ3n) is 5.47. The first-order valence-electron chi connectivity index (χ1n) is 8.46. The number of nitrogens with zero attached hydrogens (tertiary/aromatic N) is 1. The summed E-state index contributed by atoms with van der Waals surface area (Å²) in [5.74, 6) is -0.819. The van der Waals surface area contributed by atoms with Crippen molar-refractivity contribution in [1.82, 2.24) is 10.2 Å². The van der Waals surface area contributed by atoms with Crippen LogP contribution in [0.3, 0.4) is 0 Å². The third-order valence-corrected chi connectivity index (χ3v) is 5.47. The summed E-state index contributed by atoms with van der Waals surface area (Å²) >= 11 is 0. The molecule has 0 aromatic carbocycles. The van der Waals surface area contributed by atoms with Gasteiger partial charge in [0.1, 0.15) is 0 Å². The zero-order valence-electron chi connectivity index (χ0n) is 14.2. The fraction of sp³-hybridized carbons (Fsp3) is 0.938. The molecule has 0 spiro atoms. The first-order valence-corrected chi connectivity index (χ1v) is 8.46. The molecule has 2 N–H and O–H groups in total. The molecule has 0 aliphatic carbocycles. The second-order valence-electron chi connectivity index (χ2n) is 6.53. The molecule has 1 fully saturated rings. The molecule has 1 heterocycles. The van der Waals surface area contributed by atoms with Crippen LogP contribution in [0, 0.1) is 11.3 Å². The van der Waals surface area contributed by atoms with Gasteiger partial charge in [-0.3, -0.25) is 0 Å². The van der Waals surface area contributed by atoms with Crippen LogP contribution >= 0.6 is 0 Å². The molecule has 1 aliphatic heterocycles. The van der Waals surface area contributed by atoms with Crippen molar-refractivity contribution in [3.8, 4) is 0 Å². The van der Waals surface area contributed by atoms with Crippen molar-refractivity contribution < 1.29 is 23.1 Å². The van der Waals surface area contributed by atoms with Crippen molar-refractivity contribution in [2.45, 2.75) is 65.2 Å². The Bertz CT molecular complexity index is 368. The fourth-order valence-corrected chi connectivity index (χ4v) is 3.19. The van der Waals surface area contributed by atoms with E-state index in [9.17, 15) is 23.1 Å². The molecule has 23 heavy (non-hydrogen) atoms. The minimum absolute atomic E-state index is 0.0838. The molecule has 1 unspecified atom stereocenters. The average molecular weight is 338 g/mol. The van der Waals surface area contributed by atoms with Gasteiger partial charge in [0.2, 0.25) is 0 Å². The minimum Gasteiger partial charge on any atom is -0.383 e. The van der Waals surface area contributed by atoms with Crippen molar-refractivity contribution in [1.29, 1.82) is 0 Å². The molecule has 1 aliphatic rings. The van der Waals surface area contributed by atoms with Crippen LogP contribution < -0.4 is 5.32 Å².